The van der Waals surface area contributed by atoms with E-state index in [4.69, 9.17) is 0 Å². The van der Waals surface area contributed by atoms with Crippen LogP contribution in [-0.2, 0) is 17.9 Å². The van der Waals surface area contributed by atoms with Gasteiger partial charge in [-0.25, -0.2) is 4.79 Å². The van der Waals surface area contributed by atoms with E-state index in [1.807, 2.05) is 64.2 Å². The molecule has 1 atom stereocenters. The first kappa shape index (κ1) is 23.7. The van der Waals surface area contributed by atoms with Gasteiger partial charge in [0.15, 0.2) is 0 Å². The normalized spacial score (nSPS) is 15.7. The number of aliphatic carboxylic acids is 1. The Morgan fingerprint density at radius 3 is 2.31 bits per heavy atom. The number of pyridine rings is 1. The van der Waals surface area contributed by atoms with Gasteiger partial charge in [-0.2, -0.15) is 0 Å². The molecule has 1 saturated heterocycles. The summed E-state index contributed by atoms with van der Waals surface area (Å²) in [4.78, 5) is 32.9. The van der Waals surface area contributed by atoms with Gasteiger partial charge in [0.25, 0.3) is 0 Å². The Balaban J connectivity index is 1.44. The molecule has 1 unspecified atom stereocenters. The SMILES string of the molecule is O=C(O)c1ccc2c(C(C(=O)O)N3CCN(Cc4ccccn4)CC3)cn(Cc3ccccc3)c2c1. The second-order valence-corrected chi connectivity index (χ2v) is 9.11. The molecule has 36 heavy (non-hydrogen) atoms. The highest BCUT2D eigenvalue weighted by atomic mass is 16.4. The summed E-state index contributed by atoms with van der Waals surface area (Å²) in [6.07, 6.45) is 3.66. The van der Waals surface area contributed by atoms with Gasteiger partial charge in [-0.05, 0) is 29.8 Å². The zero-order chi connectivity index (χ0) is 25.1. The van der Waals surface area contributed by atoms with Crippen LogP contribution in [0.4, 0.5) is 0 Å². The van der Waals surface area contributed by atoms with Crippen molar-refractivity contribution < 1.29 is 19.8 Å². The first-order chi connectivity index (χ1) is 17.5. The second kappa shape index (κ2) is 10.3. The molecule has 0 radical (unpaired) electrons. The maximum Gasteiger partial charge on any atom is 0.335 e. The number of hydrogen-bond acceptors (Lipinski definition) is 5. The van der Waals surface area contributed by atoms with Gasteiger partial charge in [-0.3, -0.25) is 19.6 Å². The van der Waals surface area contributed by atoms with E-state index in [1.54, 1.807) is 24.4 Å². The third-order valence-corrected chi connectivity index (χ3v) is 6.77. The Morgan fingerprint density at radius 2 is 1.64 bits per heavy atom. The van der Waals surface area contributed by atoms with E-state index in [9.17, 15) is 19.8 Å². The van der Waals surface area contributed by atoms with Crippen LogP contribution < -0.4 is 0 Å². The minimum absolute atomic E-state index is 0.177. The van der Waals surface area contributed by atoms with Crippen LogP contribution in [0.25, 0.3) is 10.9 Å². The van der Waals surface area contributed by atoms with Crippen molar-refractivity contribution in [3.8, 4) is 0 Å². The molecular formula is C28H28N4O4. The van der Waals surface area contributed by atoms with Crippen LogP contribution in [0.5, 0.6) is 0 Å². The van der Waals surface area contributed by atoms with Crippen molar-refractivity contribution in [1.82, 2.24) is 19.4 Å². The summed E-state index contributed by atoms with van der Waals surface area (Å²) in [6.45, 7) is 3.97. The van der Waals surface area contributed by atoms with E-state index in [0.717, 1.165) is 36.3 Å². The van der Waals surface area contributed by atoms with Gasteiger partial charge < -0.3 is 14.8 Å². The van der Waals surface area contributed by atoms with Crippen molar-refractivity contribution >= 4 is 22.8 Å². The maximum absolute atomic E-state index is 12.6. The number of hydrogen-bond donors (Lipinski definition) is 2. The number of nitrogens with zero attached hydrogens (tertiary/aromatic N) is 4. The van der Waals surface area contributed by atoms with Crippen molar-refractivity contribution in [2.24, 2.45) is 0 Å². The number of carboxylic acid groups (broad SMARTS) is 2. The molecule has 1 fully saturated rings. The molecule has 2 N–H and O–H groups in total. The molecule has 1 aliphatic heterocycles. The predicted molar refractivity (Wildman–Crippen MR) is 136 cm³/mol. The van der Waals surface area contributed by atoms with E-state index in [0.29, 0.717) is 30.7 Å². The number of fused-ring (bicyclic) bond motifs is 1. The molecule has 184 valence electrons. The average molecular weight is 485 g/mol. The van der Waals surface area contributed by atoms with E-state index in [1.165, 1.54) is 0 Å². The fourth-order valence-electron chi connectivity index (χ4n) is 4.97. The predicted octanol–water partition coefficient (Wildman–Crippen LogP) is 3.73. The van der Waals surface area contributed by atoms with Crippen LogP contribution >= 0.6 is 0 Å². The lowest BCUT2D eigenvalue weighted by molar-refractivity contribution is -0.144. The van der Waals surface area contributed by atoms with Gasteiger partial charge in [0, 0.05) is 68.1 Å². The van der Waals surface area contributed by atoms with E-state index in [-0.39, 0.29) is 5.56 Å². The number of aromatic nitrogens is 2. The van der Waals surface area contributed by atoms with Crippen LogP contribution in [0.3, 0.4) is 0 Å². The number of piperazine rings is 1. The maximum atomic E-state index is 12.6. The summed E-state index contributed by atoms with van der Waals surface area (Å²) in [5.74, 6) is -1.92. The standard InChI is InChI=1S/C28H28N4O4/c33-27(34)21-9-10-23-24(19-32(25(23)16-21)17-20-6-2-1-3-7-20)26(28(35)36)31-14-12-30(13-15-31)18-22-8-4-5-11-29-22/h1-11,16,19,26H,12-15,17-18H2,(H,33,34)(H,35,36). The molecule has 8 heteroatoms. The Labute approximate surface area is 209 Å². The number of rotatable bonds is 8. The summed E-state index contributed by atoms with van der Waals surface area (Å²) in [6, 6.07) is 19.8. The Morgan fingerprint density at radius 1 is 0.889 bits per heavy atom. The monoisotopic (exact) mass is 484 g/mol. The number of carboxylic acids is 2. The molecule has 2 aromatic heterocycles. The smallest absolute Gasteiger partial charge is 0.335 e. The largest absolute Gasteiger partial charge is 0.480 e. The van der Waals surface area contributed by atoms with E-state index < -0.39 is 18.0 Å². The Hall–Kier alpha value is -4.01. The average Bonchev–Trinajstić information content (AvgIpc) is 3.23. The molecule has 5 rings (SSSR count). The van der Waals surface area contributed by atoms with Gasteiger partial charge in [-0.15, -0.1) is 0 Å². The van der Waals surface area contributed by atoms with Crippen LogP contribution in [0, 0.1) is 0 Å². The van der Waals surface area contributed by atoms with Crippen LogP contribution in [0.15, 0.2) is 79.1 Å². The molecule has 0 spiro atoms. The topological polar surface area (TPSA) is 98.9 Å². The number of benzene rings is 2. The van der Waals surface area contributed by atoms with Crippen molar-refractivity contribution in [3.63, 3.8) is 0 Å². The highest BCUT2D eigenvalue weighted by molar-refractivity contribution is 5.96. The molecule has 8 nitrogen and oxygen atoms in total. The molecule has 4 aromatic rings. The van der Waals surface area contributed by atoms with Crippen LogP contribution in [-0.4, -0.2) is 67.7 Å². The quantitative estimate of drug-likeness (QED) is 0.393. The third kappa shape index (κ3) is 5.00. The zero-order valence-corrected chi connectivity index (χ0v) is 19.8. The number of aromatic carboxylic acids is 1. The number of carbonyl (C=O) groups is 2. The summed E-state index contributed by atoms with van der Waals surface area (Å²) in [7, 11) is 0. The summed E-state index contributed by atoms with van der Waals surface area (Å²) < 4.78 is 1.96. The highest BCUT2D eigenvalue weighted by Gasteiger charge is 2.33. The molecule has 1 aliphatic rings. The van der Waals surface area contributed by atoms with Crippen molar-refractivity contribution in [2.75, 3.05) is 26.2 Å². The van der Waals surface area contributed by atoms with Gasteiger partial charge in [0.2, 0.25) is 0 Å². The van der Waals surface area contributed by atoms with Gasteiger partial charge >= 0.3 is 11.9 Å². The molecular weight excluding hydrogens is 456 g/mol. The fraction of sp³-hybridized carbons (Fsp3) is 0.250. The minimum Gasteiger partial charge on any atom is -0.480 e. The van der Waals surface area contributed by atoms with Crippen LogP contribution in [0.1, 0.15) is 33.2 Å². The van der Waals surface area contributed by atoms with Crippen LogP contribution in [0.2, 0.25) is 0 Å². The van der Waals surface area contributed by atoms with Crippen molar-refractivity contribution in [1.29, 1.82) is 0 Å². The van der Waals surface area contributed by atoms with Gasteiger partial charge in [0.1, 0.15) is 6.04 Å². The third-order valence-electron chi connectivity index (χ3n) is 6.77. The lowest BCUT2D eigenvalue weighted by atomic mass is 10.0. The second-order valence-electron chi connectivity index (χ2n) is 9.11. The summed E-state index contributed by atoms with van der Waals surface area (Å²) in [5, 5.41) is 20.6. The van der Waals surface area contributed by atoms with Crippen molar-refractivity contribution in [2.45, 2.75) is 19.1 Å². The lowest BCUT2D eigenvalue weighted by Gasteiger charge is -2.37. The molecule has 0 bridgehead atoms. The van der Waals surface area contributed by atoms with Gasteiger partial charge in [0.05, 0.1) is 11.3 Å². The molecule has 0 saturated carbocycles. The zero-order valence-electron chi connectivity index (χ0n) is 19.8. The minimum atomic E-state index is -1.01. The van der Waals surface area contributed by atoms with E-state index in [2.05, 4.69) is 9.88 Å². The Bertz CT molecular complexity index is 1360. The van der Waals surface area contributed by atoms with E-state index >= 15 is 0 Å². The summed E-state index contributed by atoms with van der Waals surface area (Å²) in [5.41, 5.74) is 3.63. The highest BCUT2D eigenvalue weighted by Crippen LogP contribution is 2.32. The summed E-state index contributed by atoms with van der Waals surface area (Å²) >= 11 is 0. The first-order valence-corrected chi connectivity index (χ1v) is 12.0. The van der Waals surface area contributed by atoms with Crippen molar-refractivity contribution in [3.05, 3.63) is 102 Å². The molecule has 3 heterocycles. The first-order valence-electron chi connectivity index (χ1n) is 12.0. The molecule has 2 aromatic carbocycles. The van der Waals surface area contributed by atoms with Gasteiger partial charge in [-0.1, -0.05) is 42.5 Å². The lowest BCUT2D eigenvalue weighted by Crippen LogP contribution is -2.48. The fourth-order valence-corrected chi connectivity index (χ4v) is 4.97. The molecule has 0 aliphatic carbocycles. The Kier molecular flexibility index (Phi) is 6.79. The molecule has 0 amide bonds.